The van der Waals surface area contributed by atoms with Crippen molar-refractivity contribution in [1.29, 1.82) is 0 Å². The maximum absolute atomic E-state index is 5.90. The highest BCUT2D eigenvalue weighted by Gasteiger charge is 2.22. The summed E-state index contributed by atoms with van der Waals surface area (Å²) in [4.78, 5) is 12.6. The normalized spacial score (nSPS) is 13.5. The molecule has 6 nitrogen and oxygen atoms in total. The van der Waals surface area contributed by atoms with Gasteiger partial charge in [-0.2, -0.15) is 9.67 Å². The molecule has 0 aliphatic rings. The number of hydrogen-bond donors (Lipinski definition) is 1. The van der Waals surface area contributed by atoms with Gasteiger partial charge in [0.05, 0.1) is 6.04 Å². The van der Waals surface area contributed by atoms with Crippen LogP contribution in [0.5, 0.6) is 0 Å². The molecule has 19 heavy (non-hydrogen) atoms. The minimum atomic E-state index is -0.0415. The third-order valence-electron chi connectivity index (χ3n) is 2.38. The average molecular weight is 281 g/mol. The van der Waals surface area contributed by atoms with Crippen molar-refractivity contribution in [3.8, 4) is 5.95 Å². The first-order valence-electron chi connectivity index (χ1n) is 6.04. The van der Waals surface area contributed by atoms with Gasteiger partial charge < -0.3 is 5.32 Å². The summed E-state index contributed by atoms with van der Waals surface area (Å²) in [6, 6.07) is 1.72. The number of nitrogens with one attached hydrogen (secondary N) is 1. The third kappa shape index (κ3) is 3.48. The van der Waals surface area contributed by atoms with E-state index in [1.54, 1.807) is 23.1 Å². The van der Waals surface area contributed by atoms with Crippen LogP contribution < -0.4 is 5.32 Å². The highest BCUT2D eigenvalue weighted by Crippen LogP contribution is 2.18. The summed E-state index contributed by atoms with van der Waals surface area (Å²) < 4.78 is 1.56. The van der Waals surface area contributed by atoms with Crippen LogP contribution in [0.2, 0.25) is 5.28 Å². The molecule has 7 heteroatoms. The van der Waals surface area contributed by atoms with E-state index in [9.17, 15) is 0 Å². The highest BCUT2D eigenvalue weighted by molar-refractivity contribution is 6.28. The minimum Gasteiger partial charge on any atom is -0.303 e. The molecule has 0 radical (unpaired) electrons. The Hall–Kier alpha value is -1.53. The Kier molecular flexibility index (Phi) is 3.82. The van der Waals surface area contributed by atoms with E-state index < -0.39 is 0 Å². The zero-order chi connectivity index (χ0) is 14.0. The number of rotatable bonds is 3. The molecule has 0 aliphatic carbocycles. The standard InChI is InChI=1S/C12H17ClN6/c1-8(17-12(2,3)4)9-16-10(13)18-19(9)11-14-6-5-7-15-11/h5-8,17H,1-4H3/t8-/m0/s1. The van der Waals surface area contributed by atoms with Crippen molar-refractivity contribution >= 4 is 11.6 Å². The number of aromatic nitrogens is 5. The lowest BCUT2D eigenvalue weighted by Gasteiger charge is -2.25. The maximum Gasteiger partial charge on any atom is 0.252 e. The minimum absolute atomic E-state index is 0.0243. The molecular weight excluding hydrogens is 264 g/mol. The van der Waals surface area contributed by atoms with Gasteiger partial charge in [0.1, 0.15) is 0 Å². The van der Waals surface area contributed by atoms with Gasteiger partial charge in [0, 0.05) is 17.9 Å². The summed E-state index contributed by atoms with van der Waals surface area (Å²) in [5.74, 6) is 1.14. The van der Waals surface area contributed by atoms with Crippen LogP contribution in [0.3, 0.4) is 0 Å². The van der Waals surface area contributed by atoms with Crippen molar-refractivity contribution in [2.45, 2.75) is 39.3 Å². The van der Waals surface area contributed by atoms with E-state index in [4.69, 9.17) is 11.6 Å². The molecule has 0 aromatic carbocycles. The molecule has 0 fully saturated rings. The second-order valence-electron chi connectivity index (χ2n) is 5.32. The molecule has 0 saturated carbocycles. The van der Waals surface area contributed by atoms with E-state index in [0.717, 1.165) is 0 Å². The summed E-state index contributed by atoms with van der Waals surface area (Å²) in [7, 11) is 0. The summed E-state index contributed by atoms with van der Waals surface area (Å²) in [5, 5.41) is 7.74. The fraction of sp³-hybridized carbons (Fsp3) is 0.500. The molecule has 0 saturated heterocycles. The molecule has 0 spiro atoms. The van der Waals surface area contributed by atoms with Crippen molar-refractivity contribution in [3.05, 3.63) is 29.6 Å². The van der Waals surface area contributed by atoms with Crippen LogP contribution in [0.4, 0.5) is 0 Å². The first-order chi connectivity index (χ1) is 8.87. The Labute approximate surface area is 117 Å². The largest absolute Gasteiger partial charge is 0.303 e. The number of halogens is 1. The summed E-state index contributed by atoms with van der Waals surface area (Å²) in [6.45, 7) is 8.27. The van der Waals surface area contributed by atoms with Crippen LogP contribution in [0.1, 0.15) is 39.6 Å². The average Bonchev–Trinajstić information content (AvgIpc) is 2.70. The molecule has 1 N–H and O–H groups in total. The Morgan fingerprint density at radius 1 is 1.26 bits per heavy atom. The zero-order valence-electron chi connectivity index (χ0n) is 11.4. The van der Waals surface area contributed by atoms with Crippen LogP contribution in [-0.4, -0.2) is 30.3 Å². The summed E-state index contributed by atoms with van der Waals surface area (Å²) in [6.07, 6.45) is 3.31. The van der Waals surface area contributed by atoms with Crippen molar-refractivity contribution in [2.24, 2.45) is 0 Å². The van der Waals surface area contributed by atoms with Gasteiger partial charge in [-0.25, -0.2) is 9.97 Å². The monoisotopic (exact) mass is 280 g/mol. The number of hydrogen-bond acceptors (Lipinski definition) is 5. The topological polar surface area (TPSA) is 68.5 Å². The van der Waals surface area contributed by atoms with Crippen molar-refractivity contribution in [1.82, 2.24) is 30.0 Å². The maximum atomic E-state index is 5.90. The lowest BCUT2D eigenvalue weighted by Crippen LogP contribution is -2.38. The first kappa shape index (κ1) is 13.9. The molecule has 2 aromatic rings. The van der Waals surface area contributed by atoms with E-state index in [0.29, 0.717) is 11.8 Å². The zero-order valence-corrected chi connectivity index (χ0v) is 12.2. The van der Waals surface area contributed by atoms with Gasteiger partial charge in [-0.05, 0) is 45.4 Å². The molecule has 0 unspecified atom stereocenters. The van der Waals surface area contributed by atoms with Gasteiger partial charge in [0.25, 0.3) is 5.95 Å². The lowest BCUT2D eigenvalue weighted by molar-refractivity contribution is 0.365. The molecule has 2 aromatic heterocycles. The molecule has 0 amide bonds. The number of nitrogens with zero attached hydrogens (tertiary/aromatic N) is 5. The molecule has 1 atom stereocenters. The van der Waals surface area contributed by atoms with E-state index in [-0.39, 0.29) is 16.9 Å². The Morgan fingerprint density at radius 3 is 2.47 bits per heavy atom. The fourth-order valence-electron chi connectivity index (χ4n) is 1.84. The fourth-order valence-corrected chi connectivity index (χ4v) is 2.00. The molecule has 0 bridgehead atoms. The van der Waals surface area contributed by atoms with E-state index in [1.165, 1.54) is 0 Å². The molecular formula is C12H17ClN6. The van der Waals surface area contributed by atoms with Crippen LogP contribution in [0.25, 0.3) is 5.95 Å². The Bertz CT molecular complexity index is 545. The quantitative estimate of drug-likeness (QED) is 0.933. The highest BCUT2D eigenvalue weighted by atomic mass is 35.5. The second kappa shape index (κ2) is 5.22. The molecule has 102 valence electrons. The van der Waals surface area contributed by atoms with Gasteiger partial charge in [-0.3, -0.25) is 0 Å². The van der Waals surface area contributed by atoms with Crippen LogP contribution in [0.15, 0.2) is 18.5 Å². The van der Waals surface area contributed by atoms with Crippen LogP contribution in [-0.2, 0) is 0 Å². The lowest BCUT2D eigenvalue weighted by atomic mass is 10.1. The molecule has 2 rings (SSSR count). The van der Waals surface area contributed by atoms with Crippen molar-refractivity contribution in [3.63, 3.8) is 0 Å². The molecule has 0 aliphatic heterocycles. The predicted octanol–water partition coefficient (Wildman–Crippen LogP) is 2.16. The van der Waals surface area contributed by atoms with Gasteiger partial charge >= 0.3 is 0 Å². The van der Waals surface area contributed by atoms with Gasteiger partial charge in [-0.15, -0.1) is 5.10 Å². The van der Waals surface area contributed by atoms with Crippen LogP contribution >= 0.6 is 11.6 Å². The van der Waals surface area contributed by atoms with Crippen molar-refractivity contribution in [2.75, 3.05) is 0 Å². The van der Waals surface area contributed by atoms with Crippen LogP contribution in [0, 0.1) is 0 Å². The van der Waals surface area contributed by atoms with Gasteiger partial charge in [0.2, 0.25) is 5.28 Å². The second-order valence-corrected chi connectivity index (χ2v) is 5.65. The summed E-state index contributed by atoms with van der Waals surface area (Å²) in [5.41, 5.74) is -0.0415. The molecule has 2 heterocycles. The Morgan fingerprint density at radius 2 is 1.89 bits per heavy atom. The van der Waals surface area contributed by atoms with E-state index in [2.05, 4.69) is 46.1 Å². The first-order valence-corrected chi connectivity index (χ1v) is 6.42. The summed E-state index contributed by atoms with van der Waals surface area (Å²) >= 11 is 5.90. The Balaban J connectivity index is 2.37. The third-order valence-corrected chi connectivity index (χ3v) is 2.54. The van der Waals surface area contributed by atoms with E-state index >= 15 is 0 Å². The van der Waals surface area contributed by atoms with Gasteiger partial charge in [0.15, 0.2) is 5.82 Å². The van der Waals surface area contributed by atoms with Crippen molar-refractivity contribution < 1.29 is 0 Å². The van der Waals surface area contributed by atoms with Gasteiger partial charge in [-0.1, -0.05) is 0 Å². The predicted molar refractivity (Wildman–Crippen MR) is 73.3 cm³/mol. The SMILES string of the molecule is C[C@H](NC(C)(C)C)c1nc(Cl)nn1-c1ncccn1. The van der Waals surface area contributed by atoms with E-state index in [1.807, 2.05) is 6.92 Å². The smallest absolute Gasteiger partial charge is 0.252 e.